The van der Waals surface area contributed by atoms with Gasteiger partial charge in [0, 0.05) is 6.07 Å². The quantitative estimate of drug-likeness (QED) is 0.678. The van der Waals surface area contributed by atoms with Crippen molar-refractivity contribution in [3.8, 4) is 5.75 Å². The number of nitrogens with one attached hydrogen (secondary N) is 1. The van der Waals surface area contributed by atoms with Crippen LogP contribution in [-0.2, 0) is 4.79 Å². The molecule has 0 heterocycles. The Morgan fingerprint density at radius 2 is 1.65 bits per heavy atom. The molecule has 1 N–H and O–H groups in total. The van der Waals surface area contributed by atoms with E-state index in [1.165, 1.54) is 6.07 Å². The smallest absolute Gasteiger partial charge is 0.262 e. The first-order valence-corrected chi connectivity index (χ1v) is 7.51. The summed E-state index contributed by atoms with van der Waals surface area (Å²) in [6.07, 6.45) is 0. The van der Waals surface area contributed by atoms with E-state index in [4.69, 9.17) is 51.1 Å². The first-order valence-electron chi connectivity index (χ1n) is 6.00. The number of ether oxygens (including phenoxy) is 1. The SMILES string of the molecule is O=C(COc1ccc(F)cc1F)Nc1c(Cl)c(Cl)cc(Cl)c1Cl. The molecule has 0 atom stereocenters. The van der Waals surface area contributed by atoms with E-state index in [1.54, 1.807) is 0 Å². The molecular formula is C14H7Cl4F2NO2. The lowest BCUT2D eigenvalue weighted by Gasteiger charge is -2.12. The van der Waals surface area contributed by atoms with Crippen molar-refractivity contribution in [3.63, 3.8) is 0 Å². The molecular weight excluding hydrogens is 394 g/mol. The standard InChI is InChI=1S/C14H7Cl4F2NO2/c15-7-4-8(16)13(18)14(12(7)17)21-11(22)5-23-10-2-1-6(19)3-9(10)20/h1-4H,5H2,(H,21,22). The van der Waals surface area contributed by atoms with E-state index in [2.05, 4.69) is 5.32 Å². The summed E-state index contributed by atoms with van der Waals surface area (Å²) in [5, 5.41) is 2.57. The highest BCUT2D eigenvalue weighted by Gasteiger charge is 2.17. The maximum Gasteiger partial charge on any atom is 0.262 e. The number of hydrogen-bond donors (Lipinski definition) is 1. The molecule has 9 heteroatoms. The minimum absolute atomic E-state index is 0.00220. The van der Waals surface area contributed by atoms with Gasteiger partial charge in [-0.2, -0.15) is 0 Å². The molecule has 0 aliphatic heterocycles. The summed E-state index contributed by atoms with van der Waals surface area (Å²) in [5.74, 6) is -2.65. The van der Waals surface area contributed by atoms with Gasteiger partial charge in [-0.05, 0) is 18.2 Å². The zero-order valence-corrected chi connectivity index (χ0v) is 14.1. The van der Waals surface area contributed by atoms with E-state index in [1.807, 2.05) is 0 Å². The molecule has 0 fully saturated rings. The zero-order valence-electron chi connectivity index (χ0n) is 11.1. The van der Waals surface area contributed by atoms with Gasteiger partial charge in [-0.3, -0.25) is 4.79 Å². The maximum absolute atomic E-state index is 13.4. The van der Waals surface area contributed by atoms with Crippen LogP contribution in [0.15, 0.2) is 24.3 Å². The fraction of sp³-hybridized carbons (Fsp3) is 0.0714. The van der Waals surface area contributed by atoms with E-state index in [0.29, 0.717) is 6.07 Å². The lowest BCUT2D eigenvalue weighted by atomic mass is 10.3. The van der Waals surface area contributed by atoms with Crippen LogP contribution in [0.5, 0.6) is 5.75 Å². The van der Waals surface area contributed by atoms with Gasteiger partial charge in [0.25, 0.3) is 5.91 Å². The van der Waals surface area contributed by atoms with Gasteiger partial charge in [0.2, 0.25) is 0 Å². The fourth-order valence-electron chi connectivity index (χ4n) is 1.59. The van der Waals surface area contributed by atoms with Crippen molar-refractivity contribution in [3.05, 3.63) is 56.0 Å². The predicted octanol–water partition coefficient (Wildman–Crippen LogP) is 5.60. The second-order valence-electron chi connectivity index (χ2n) is 4.25. The van der Waals surface area contributed by atoms with Gasteiger partial charge in [-0.25, -0.2) is 8.78 Å². The van der Waals surface area contributed by atoms with Crippen LogP contribution in [-0.4, -0.2) is 12.5 Å². The van der Waals surface area contributed by atoms with Crippen molar-refractivity contribution < 1.29 is 18.3 Å². The third kappa shape index (κ3) is 4.38. The number of hydrogen-bond acceptors (Lipinski definition) is 2. The molecule has 0 saturated carbocycles. The average Bonchev–Trinajstić information content (AvgIpc) is 2.49. The topological polar surface area (TPSA) is 38.3 Å². The molecule has 122 valence electrons. The molecule has 2 aromatic carbocycles. The van der Waals surface area contributed by atoms with Crippen LogP contribution in [0.2, 0.25) is 20.1 Å². The summed E-state index contributed by atoms with van der Waals surface area (Å²) in [4.78, 5) is 11.9. The van der Waals surface area contributed by atoms with Gasteiger partial charge >= 0.3 is 0 Å². The first-order chi connectivity index (χ1) is 10.8. The van der Waals surface area contributed by atoms with E-state index in [-0.39, 0.29) is 31.5 Å². The van der Waals surface area contributed by atoms with Gasteiger partial charge in [0.1, 0.15) is 5.82 Å². The lowest BCUT2D eigenvalue weighted by molar-refractivity contribution is -0.118. The summed E-state index contributed by atoms with van der Waals surface area (Å²) >= 11 is 23.6. The second-order valence-corrected chi connectivity index (χ2v) is 5.83. The summed E-state index contributed by atoms with van der Waals surface area (Å²) in [6.45, 7) is -0.556. The third-order valence-corrected chi connectivity index (χ3v) is 4.20. The van der Waals surface area contributed by atoms with Crippen molar-refractivity contribution in [1.82, 2.24) is 0 Å². The van der Waals surface area contributed by atoms with E-state index in [0.717, 1.165) is 12.1 Å². The molecule has 0 saturated heterocycles. The van der Waals surface area contributed by atoms with E-state index < -0.39 is 24.1 Å². The van der Waals surface area contributed by atoms with Gasteiger partial charge in [0.05, 0.1) is 25.8 Å². The Kier molecular flexibility index (Phi) is 5.92. The molecule has 2 aromatic rings. The number of rotatable bonds is 4. The molecule has 0 bridgehead atoms. The van der Waals surface area contributed by atoms with Crippen LogP contribution in [0.25, 0.3) is 0 Å². The lowest BCUT2D eigenvalue weighted by Crippen LogP contribution is -2.21. The first kappa shape index (κ1) is 18.1. The van der Waals surface area contributed by atoms with E-state index in [9.17, 15) is 13.6 Å². The molecule has 3 nitrogen and oxygen atoms in total. The number of carbonyl (C=O) groups excluding carboxylic acids is 1. The highest BCUT2D eigenvalue weighted by atomic mass is 35.5. The Hall–Kier alpha value is -1.27. The molecule has 0 aromatic heterocycles. The largest absolute Gasteiger partial charge is 0.481 e. The average molecular weight is 401 g/mol. The Morgan fingerprint density at radius 1 is 1.04 bits per heavy atom. The Morgan fingerprint density at radius 3 is 2.22 bits per heavy atom. The second kappa shape index (κ2) is 7.53. The molecule has 1 amide bonds. The fourth-order valence-corrected chi connectivity index (χ4v) is 2.50. The van der Waals surface area contributed by atoms with Crippen LogP contribution < -0.4 is 10.1 Å². The van der Waals surface area contributed by atoms with Gasteiger partial charge in [-0.1, -0.05) is 46.4 Å². The van der Waals surface area contributed by atoms with Gasteiger partial charge in [-0.15, -0.1) is 0 Å². The molecule has 2 rings (SSSR count). The zero-order chi connectivity index (χ0) is 17.1. The van der Waals surface area contributed by atoms with Gasteiger partial charge in [0.15, 0.2) is 18.2 Å². The molecule has 23 heavy (non-hydrogen) atoms. The van der Waals surface area contributed by atoms with Crippen LogP contribution in [0.3, 0.4) is 0 Å². The van der Waals surface area contributed by atoms with Crippen molar-refractivity contribution in [2.24, 2.45) is 0 Å². The highest BCUT2D eigenvalue weighted by molar-refractivity contribution is 6.50. The van der Waals surface area contributed by atoms with Crippen LogP contribution >= 0.6 is 46.4 Å². The number of amides is 1. The normalized spacial score (nSPS) is 10.5. The van der Waals surface area contributed by atoms with Crippen molar-refractivity contribution >= 4 is 58.0 Å². The van der Waals surface area contributed by atoms with Crippen molar-refractivity contribution in [2.45, 2.75) is 0 Å². The molecule has 0 spiro atoms. The Labute approximate surface area is 150 Å². The third-order valence-electron chi connectivity index (χ3n) is 2.63. The summed E-state index contributed by atoms with van der Waals surface area (Å²) in [5.41, 5.74) is 0.0130. The van der Waals surface area contributed by atoms with Crippen LogP contribution in [0.4, 0.5) is 14.5 Å². The minimum Gasteiger partial charge on any atom is -0.481 e. The van der Waals surface area contributed by atoms with Crippen molar-refractivity contribution in [1.29, 1.82) is 0 Å². The minimum atomic E-state index is -0.931. The number of carbonyl (C=O) groups is 1. The van der Waals surface area contributed by atoms with Gasteiger partial charge < -0.3 is 10.1 Å². The summed E-state index contributed by atoms with van der Waals surface area (Å²) in [7, 11) is 0. The summed E-state index contributed by atoms with van der Waals surface area (Å²) in [6, 6.07) is 4.03. The monoisotopic (exact) mass is 399 g/mol. The van der Waals surface area contributed by atoms with Crippen LogP contribution in [0, 0.1) is 11.6 Å². The van der Waals surface area contributed by atoms with E-state index >= 15 is 0 Å². The summed E-state index contributed by atoms with van der Waals surface area (Å²) < 4.78 is 31.1. The van der Waals surface area contributed by atoms with Crippen LogP contribution in [0.1, 0.15) is 0 Å². The number of benzene rings is 2. The molecule has 0 aliphatic carbocycles. The Bertz CT molecular complexity index is 745. The molecule has 0 unspecified atom stereocenters. The van der Waals surface area contributed by atoms with Crippen molar-refractivity contribution in [2.75, 3.05) is 11.9 Å². The number of halogens is 6. The highest BCUT2D eigenvalue weighted by Crippen LogP contribution is 2.40. The molecule has 0 aliphatic rings. The molecule has 0 radical (unpaired) electrons. The predicted molar refractivity (Wildman–Crippen MR) is 87.0 cm³/mol. The number of anilines is 1. The maximum atomic E-state index is 13.4. The Balaban J connectivity index is 2.09.